The van der Waals surface area contributed by atoms with Crippen LogP contribution in [-0.2, 0) is 57.7 Å². The van der Waals surface area contributed by atoms with Crippen molar-refractivity contribution in [3.8, 4) is 0 Å². The zero-order valence-electron chi connectivity index (χ0n) is 17.5. The summed E-state index contributed by atoms with van der Waals surface area (Å²) in [4.78, 5) is 18.6. The molecule has 0 aromatic rings. The fourth-order valence-corrected chi connectivity index (χ4v) is 132. The summed E-state index contributed by atoms with van der Waals surface area (Å²) in [5.41, 5.74) is 0. The Hall–Kier alpha value is 0.146. The van der Waals surface area contributed by atoms with Crippen LogP contribution in [0.25, 0.3) is 0 Å². The van der Waals surface area contributed by atoms with Crippen molar-refractivity contribution >= 4 is 111 Å². The molecule has 32 heteroatoms. The van der Waals surface area contributed by atoms with Crippen molar-refractivity contribution in [2.75, 3.05) is 0 Å². The molecular weight excluding hydrogens is 738 g/mol. The molecule has 0 aliphatic heterocycles. The smallest absolute Gasteiger partial charge is 0.533 e. The summed E-state index contributed by atoms with van der Waals surface area (Å²) in [5, 5.41) is 0. The summed E-state index contributed by atoms with van der Waals surface area (Å²) < 4.78 is 185. The maximum atomic E-state index is 12.3. The van der Waals surface area contributed by atoms with Gasteiger partial charge >= 0.3 is 108 Å². The molecule has 0 spiro atoms. The van der Waals surface area contributed by atoms with Crippen molar-refractivity contribution < 1.29 is 80.4 Å². The number of halogens is 3. The maximum absolute atomic E-state index is 12.3. The second-order valence-corrected chi connectivity index (χ2v) is 68.7. The van der Waals surface area contributed by atoms with Gasteiger partial charge in [0.25, 0.3) is 0 Å². The van der Waals surface area contributed by atoms with E-state index in [1.54, 1.807) is 0 Å². The molecule has 194 valence electrons. The zero-order valence-corrected chi connectivity index (χ0v) is 31.9. The molecule has 1 atom stereocenters. The van der Waals surface area contributed by atoms with E-state index in [0.29, 0.717) is 0 Å². The second-order valence-electron chi connectivity index (χ2n) is 6.55. The first-order chi connectivity index (χ1) is 16.2. The van der Waals surface area contributed by atoms with Crippen molar-refractivity contribution in [1.29, 1.82) is 0 Å². The molecule has 0 fully saturated rings. The third kappa shape index (κ3) is 11.1. The largest absolute Gasteiger partial charge is 0.558 e. The van der Waals surface area contributed by atoms with Crippen LogP contribution in [0.3, 0.4) is 0 Å². The summed E-state index contributed by atoms with van der Waals surface area (Å²) in [5.74, 6) is 0. The van der Waals surface area contributed by atoms with Crippen LogP contribution >= 0.6 is 0 Å². The van der Waals surface area contributed by atoms with Gasteiger partial charge in [-0.3, -0.25) is 0 Å². The lowest BCUT2D eigenvalue weighted by Crippen LogP contribution is -2.55. The van der Waals surface area contributed by atoms with Gasteiger partial charge < -0.3 is 67.2 Å². The SMILES string of the molecule is C[Si](O)(CCC(F)(F)F)O[Si](=O)[Si](=O)[Si](=O)[Si](=O)[Si](=O)[Si](=O)[Si](=O)[Si](=O)[Si](=O)[Si](=O)[Si](=O)[Si](=O)[SiH2]O. The Bertz CT molecular complexity index is 1140. The molecule has 0 heterocycles. The van der Waals surface area contributed by atoms with E-state index in [4.69, 9.17) is 4.80 Å². The number of hydrogen-bond donors (Lipinski definition) is 2. The van der Waals surface area contributed by atoms with Crippen LogP contribution in [0.5, 0.6) is 0 Å². The van der Waals surface area contributed by atoms with E-state index < -0.39 is 130 Å². The van der Waals surface area contributed by atoms with E-state index >= 15 is 0 Å². The molecule has 0 rings (SSSR count). The van der Waals surface area contributed by atoms with Crippen molar-refractivity contribution in [2.24, 2.45) is 0 Å². The first-order valence-corrected chi connectivity index (χ1v) is 42.1. The quantitative estimate of drug-likeness (QED) is 0.139. The third-order valence-corrected chi connectivity index (χ3v) is 96.6. The van der Waals surface area contributed by atoms with Crippen LogP contribution < -0.4 is 0 Å². The topological polar surface area (TPSA) is 255 Å². The third-order valence-electron chi connectivity index (χ3n) is 3.62. The summed E-state index contributed by atoms with van der Waals surface area (Å²) in [7, 11) is -54.8. The van der Waals surface area contributed by atoms with Crippen molar-refractivity contribution in [3.05, 3.63) is 0 Å². The standard InChI is InChI=1S/C4H11F3O15Si14/c1-36(21,3-2-4(5,6)7)22-24(9)26(11)28(13)30(15)32(17)34(19)35(20)33(18)31(16)29(14)27(12)25(10)23-8/h8,21H,2-3,23H2,1H3. The maximum Gasteiger partial charge on any atom is 0.533 e. The molecule has 1 unspecified atom stereocenters. The van der Waals surface area contributed by atoms with Gasteiger partial charge in [-0.05, 0) is 6.55 Å². The molecular formula is C4H11F3O15Si14. The van der Waals surface area contributed by atoms with E-state index in [2.05, 4.69) is 4.12 Å². The number of hydrogen-bond acceptors (Lipinski definition) is 15. The van der Waals surface area contributed by atoms with E-state index in [1.165, 1.54) is 0 Å². The van der Waals surface area contributed by atoms with Crippen LogP contribution in [-0.4, -0.2) is 127 Å². The highest BCUT2D eigenvalue weighted by molar-refractivity contribution is 7.79. The summed E-state index contributed by atoms with van der Waals surface area (Å²) in [6, 6.07) is -1.04. The van der Waals surface area contributed by atoms with Gasteiger partial charge in [-0.2, -0.15) is 13.2 Å². The van der Waals surface area contributed by atoms with Gasteiger partial charge in [0.05, 0.1) is 0 Å². The van der Waals surface area contributed by atoms with E-state index in [9.17, 15) is 71.5 Å². The van der Waals surface area contributed by atoms with Gasteiger partial charge in [0, 0.05) is 12.5 Å². The van der Waals surface area contributed by atoms with Crippen LogP contribution in [0.15, 0.2) is 0 Å². The van der Waals surface area contributed by atoms with E-state index in [-0.39, 0.29) is 0 Å². The first-order valence-electron chi connectivity index (χ1n) is 8.78. The fourth-order valence-electron chi connectivity index (χ4n) is 1.79. The minimum absolute atomic E-state index is 0.754. The predicted molar refractivity (Wildman–Crippen MR) is 118 cm³/mol. The molecule has 0 saturated carbocycles. The fraction of sp³-hybridized carbons (Fsp3) is 1.00. The molecule has 0 bridgehead atoms. The molecule has 0 radical (unpaired) electrons. The van der Waals surface area contributed by atoms with Gasteiger partial charge in [0.2, 0.25) is 9.28 Å². The molecule has 0 amide bonds. The van der Waals surface area contributed by atoms with Crippen LogP contribution in [0.1, 0.15) is 6.42 Å². The van der Waals surface area contributed by atoms with Gasteiger partial charge in [-0.15, -0.1) is 0 Å². The van der Waals surface area contributed by atoms with Crippen LogP contribution in [0.4, 0.5) is 13.2 Å². The number of rotatable bonds is 16. The average molecular weight is 749 g/mol. The highest BCUT2D eigenvalue weighted by Crippen LogP contribution is 2.25. The Morgan fingerprint density at radius 2 is 0.972 bits per heavy atom. The average Bonchev–Trinajstić information content (AvgIpc) is 2.81. The lowest BCUT2D eigenvalue weighted by atomic mass is 10.5. The first kappa shape index (κ1) is 36.1. The predicted octanol–water partition coefficient (Wildman–Crippen LogP) is -5.98. The van der Waals surface area contributed by atoms with Crippen LogP contribution in [0, 0.1) is 0 Å². The lowest BCUT2D eigenvalue weighted by molar-refractivity contribution is -0.131. The molecule has 0 saturated heterocycles. The van der Waals surface area contributed by atoms with E-state index in [1.807, 2.05) is 0 Å². The normalized spacial score (nSPS) is 12.7. The molecule has 0 aromatic carbocycles. The Balaban J connectivity index is 5.40. The minimum Gasteiger partial charge on any atom is -0.558 e. The van der Waals surface area contributed by atoms with Crippen LogP contribution in [0.2, 0.25) is 12.6 Å². The summed E-state index contributed by atoms with van der Waals surface area (Å²) >= 11 is 0. The van der Waals surface area contributed by atoms with Crippen molar-refractivity contribution in [3.63, 3.8) is 0 Å². The van der Waals surface area contributed by atoms with Gasteiger partial charge in [-0.25, -0.2) is 0 Å². The summed E-state index contributed by atoms with van der Waals surface area (Å²) in [6.07, 6.45) is -6.28. The highest BCUT2D eigenvalue weighted by atomic mass is 30.1. The minimum atomic E-state index is -4.72. The van der Waals surface area contributed by atoms with Gasteiger partial charge in [0.1, 0.15) is 0 Å². The molecule has 0 aromatic heterocycles. The second kappa shape index (κ2) is 15.1. The molecule has 2 N–H and O–H groups in total. The Kier molecular flexibility index (Phi) is 15.1. The van der Waals surface area contributed by atoms with E-state index in [0.717, 1.165) is 6.55 Å². The molecule has 15 nitrogen and oxygen atoms in total. The molecule has 0 aliphatic rings. The Labute approximate surface area is 215 Å². The molecule has 36 heavy (non-hydrogen) atoms. The lowest BCUT2D eigenvalue weighted by Gasteiger charge is -2.20. The Morgan fingerprint density at radius 3 is 1.28 bits per heavy atom. The summed E-state index contributed by atoms with van der Waals surface area (Å²) in [6.45, 7) is 0.754. The highest BCUT2D eigenvalue weighted by Gasteiger charge is 2.54. The van der Waals surface area contributed by atoms with Crippen molar-refractivity contribution in [1.82, 2.24) is 0 Å². The van der Waals surface area contributed by atoms with Gasteiger partial charge in [0.15, 0.2) is 0 Å². The zero-order chi connectivity index (χ0) is 28.8. The monoisotopic (exact) mass is 748 g/mol. The number of alkyl halides is 3. The van der Waals surface area contributed by atoms with Crippen molar-refractivity contribution in [2.45, 2.75) is 25.2 Å². The Morgan fingerprint density at radius 1 is 0.667 bits per heavy atom. The molecule has 0 aliphatic carbocycles. The van der Waals surface area contributed by atoms with Gasteiger partial charge in [-0.1, -0.05) is 0 Å².